The SMILES string of the molecule is COc1ccc(CNC[C@H]2COCc3nc4cc(C)ccc4n32)cn1. The first kappa shape index (κ1) is 16.1. The average molecular weight is 338 g/mol. The van der Waals surface area contributed by atoms with E-state index in [9.17, 15) is 0 Å². The van der Waals surface area contributed by atoms with Gasteiger partial charge in [0.1, 0.15) is 12.4 Å². The Hall–Kier alpha value is -2.44. The third-order valence-corrected chi connectivity index (χ3v) is 4.54. The van der Waals surface area contributed by atoms with E-state index in [4.69, 9.17) is 14.5 Å². The van der Waals surface area contributed by atoms with Crippen LogP contribution in [0.15, 0.2) is 36.5 Å². The smallest absolute Gasteiger partial charge is 0.212 e. The van der Waals surface area contributed by atoms with Gasteiger partial charge in [0, 0.05) is 25.4 Å². The van der Waals surface area contributed by atoms with Gasteiger partial charge < -0.3 is 19.4 Å². The van der Waals surface area contributed by atoms with Gasteiger partial charge >= 0.3 is 0 Å². The lowest BCUT2D eigenvalue weighted by molar-refractivity contribution is 0.0564. The fourth-order valence-corrected chi connectivity index (χ4v) is 3.30. The van der Waals surface area contributed by atoms with Gasteiger partial charge in [-0.3, -0.25) is 0 Å². The average Bonchev–Trinajstić information content (AvgIpc) is 3.00. The number of aromatic nitrogens is 3. The van der Waals surface area contributed by atoms with Crippen LogP contribution in [0.25, 0.3) is 11.0 Å². The second-order valence-electron chi connectivity index (χ2n) is 6.40. The van der Waals surface area contributed by atoms with Crippen LogP contribution in [0.1, 0.15) is 23.0 Å². The van der Waals surface area contributed by atoms with Crippen LogP contribution in [0.4, 0.5) is 0 Å². The fraction of sp³-hybridized carbons (Fsp3) is 0.368. The number of imidazole rings is 1. The van der Waals surface area contributed by atoms with Crippen LogP contribution in [0.5, 0.6) is 5.88 Å². The summed E-state index contributed by atoms with van der Waals surface area (Å²) in [5.74, 6) is 1.64. The molecule has 25 heavy (non-hydrogen) atoms. The second-order valence-corrected chi connectivity index (χ2v) is 6.40. The summed E-state index contributed by atoms with van der Waals surface area (Å²) in [5.41, 5.74) is 4.58. The van der Waals surface area contributed by atoms with Crippen molar-refractivity contribution in [2.45, 2.75) is 26.1 Å². The molecule has 0 saturated carbocycles. The Kier molecular flexibility index (Phi) is 4.38. The molecule has 0 bridgehead atoms. The Bertz CT molecular complexity index is 873. The molecule has 1 N–H and O–H groups in total. The van der Waals surface area contributed by atoms with E-state index in [1.807, 2.05) is 18.3 Å². The van der Waals surface area contributed by atoms with Crippen LogP contribution in [-0.2, 0) is 17.9 Å². The highest BCUT2D eigenvalue weighted by molar-refractivity contribution is 5.77. The van der Waals surface area contributed by atoms with Gasteiger partial charge in [0.15, 0.2) is 0 Å². The predicted molar refractivity (Wildman–Crippen MR) is 95.7 cm³/mol. The van der Waals surface area contributed by atoms with Gasteiger partial charge in [-0.05, 0) is 30.2 Å². The predicted octanol–water partition coefficient (Wildman–Crippen LogP) is 2.61. The Labute approximate surface area is 146 Å². The Balaban J connectivity index is 1.48. The number of hydrogen-bond donors (Lipinski definition) is 1. The van der Waals surface area contributed by atoms with E-state index in [0.29, 0.717) is 19.1 Å². The molecule has 0 fully saturated rings. The largest absolute Gasteiger partial charge is 0.481 e. The summed E-state index contributed by atoms with van der Waals surface area (Å²) in [5, 5.41) is 3.51. The number of methoxy groups -OCH3 is 1. The van der Waals surface area contributed by atoms with Crippen molar-refractivity contribution in [3.05, 3.63) is 53.5 Å². The maximum atomic E-state index is 5.75. The second kappa shape index (κ2) is 6.82. The highest BCUT2D eigenvalue weighted by Gasteiger charge is 2.23. The van der Waals surface area contributed by atoms with Gasteiger partial charge in [0.2, 0.25) is 5.88 Å². The highest BCUT2D eigenvalue weighted by atomic mass is 16.5. The number of benzene rings is 1. The van der Waals surface area contributed by atoms with Gasteiger partial charge in [0.25, 0.3) is 0 Å². The summed E-state index contributed by atoms with van der Waals surface area (Å²) in [6, 6.07) is 10.6. The molecule has 6 heteroatoms. The molecule has 1 atom stereocenters. The van der Waals surface area contributed by atoms with Crippen molar-refractivity contribution in [2.24, 2.45) is 0 Å². The number of hydrogen-bond acceptors (Lipinski definition) is 5. The molecule has 0 saturated heterocycles. The standard InChI is InChI=1S/C19H22N4O2/c1-13-3-5-17-16(7-13)22-18-12-25-11-15(23(17)18)10-20-8-14-4-6-19(24-2)21-9-14/h3-7,9,15,20H,8,10-12H2,1-2H3/t15-/m0/s1. The maximum absolute atomic E-state index is 5.75. The van der Waals surface area contributed by atoms with E-state index in [-0.39, 0.29) is 6.04 Å². The summed E-state index contributed by atoms with van der Waals surface area (Å²) >= 11 is 0. The third kappa shape index (κ3) is 3.23. The van der Waals surface area contributed by atoms with Crippen LogP contribution in [0.2, 0.25) is 0 Å². The number of ether oxygens (including phenoxy) is 2. The molecule has 3 heterocycles. The quantitative estimate of drug-likeness (QED) is 0.775. The van der Waals surface area contributed by atoms with Crippen molar-refractivity contribution in [2.75, 3.05) is 20.3 Å². The molecule has 0 aliphatic carbocycles. The number of aryl methyl sites for hydroxylation is 1. The molecule has 0 amide bonds. The minimum absolute atomic E-state index is 0.239. The van der Waals surface area contributed by atoms with Gasteiger partial charge in [-0.2, -0.15) is 0 Å². The molecule has 3 aromatic rings. The lowest BCUT2D eigenvalue weighted by Gasteiger charge is -2.26. The normalized spacial score (nSPS) is 16.8. The molecule has 0 radical (unpaired) electrons. The van der Waals surface area contributed by atoms with E-state index in [1.165, 1.54) is 11.1 Å². The lowest BCUT2D eigenvalue weighted by Crippen LogP contribution is -2.32. The van der Waals surface area contributed by atoms with Crippen molar-refractivity contribution >= 4 is 11.0 Å². The summed E-state index contributed by atoms with van der Waals surface area (Å²) < 4.78 is 13.2. The minimum atomic E-state index is 0.239. The summed E-state index contributed by atoms with van der Waals surface area (Å²) in [7, 11) is 1.62. The van der Waals surface area contributed by atoms with Crippen LogP contribution < -0.4 is 10.1 Å². The third-order valence-electron chi connectivity index (χ3n) is 4.54. The monoisotopic (exact) mass is 338 g/mol. The number of nitrogens with one attached hydrogen (secondary N) is 1. The number of nitrogens with zero attached hydrogens (tertiary/aromatic N) is 3. The van der Waals surface area contributed by atoms with Crippen molar-refractivity contribution < 1.29 is 9.47 Å². The number of pyridine rings is 1. The van der Waals surface area contributed by atoms with Gasteiger partial charge in [-0.25, -0.2) is 9.97 Å². The van der Waals surface area contributed by atoms with Crippen molar-refractivity contribution in [1.29, 1.82) is 0 Å². The molecule has 0 spiro atoms. The molecule has 2 aromatic heterocycles. The zero-order valence-corrected chi connectivity index (χ0v) is 14.5. The lowest BCUT2D eigenvalue weighted by atomic mass is 10.2. The van der Waals surface area contributed by atoms with Crippen LogP contribution in [0.3, 0.4) is 0 Å². The molecule has 6 nitrogen and oxygen atoms in total. The summed E-state index contributed by atoms with van der Waals surface area (Å²) in [4.78, 5) is 8.97. The van der Waals surface area contributed by atoms with E-state index in [2.05, 4.69) is 40.0 Å². The van der Waals surface area contributed by atoms with Crippen molar-refractivity contribution in [1.82, 2.24) is 19.9 Å². The van der Waals surface area contributed by atoms with E-state index >= 15 is 0 Å². The highest BCUT2D eigenvalue weighted by Crippen LogP contribution is 2.26. The zero-order chi connectivity index (χ0) is 17.2. The molecule has 130 valence electrons. The van der Waals surface area contributed by atoms with Gasteiger partial charge in [0.05, 0.1) is 30.8 Å². The maximum Gasteiger partial charge on any atom is 0.212 e. The van der Waals surface area contributed by atoms with E-state index in [1.54, 1.807) is 7.11 Å². The molecular formula is C19H22N4O2. The molecule has 1 aliphatic heterocycles. The zero-order valence-electron chi connectivity index (χ0n) is 14.5. The van der Waals surface area contributed by atoms with Crippen LogP contribution >= 0.6 is 0 Å². The van der Waals surface area contributed by atoms with E-state index in [0.717, 1.165) is 30.0 Å². The molecular weight excluding hydrogens is 316 g/mol. The number of rotatable bonds is 5. The molecule has 0 unspecified atom stereocenters. The topological polar surface area (TPSA) is 61.2 Å². The Morgan fingerprint density at radius 1 is 1.32 bits per heavy atom. The Morgan fingerprint density at radius 2 is 2.24 bits per heavy atom. The first-order valence-corrected chi connectivity index (χ1v) is 8.49. The first-order chi connectivity index (χ1) is 12.2. The molecule has 1 aromatic carbocycles. The van der Waals surface area contributed by atoms with E-state index < -0.39 is 0 Å². The van der Waals surface area contributed by atoms with Crippen LogP contribution in [0, 0.1) is 6.92 Å². The summed E-state index contributed by atoms with van der Waals surface area (Å²) in [6.07, 6.45) is 1.84. The number of fused-ring (bicyclic) bond motifs is 3. The van der Waals surface area contributed by atoms with Crippen LogP contribution in [-0.4, -0.2) is 34.8 Å². The summed E-state index contributed by atoms with van der Waals surface area (Å²) in [6.45, 7) is 4.94. The molecule has 4 rings (SSSR count). The first-order valence-electron chi connectivity index (χ1n) is 8.49. The minimum Gasteiger partial charge on any atom is -0.481 e. The fourth-order valence-electron chi connectivity index (χ4n) is 3.30. The van der Waals surface area contributed by atoms with Crippen molar-refractivity contribution in [3.8, 4) is 5.88 Å². The van der Waals surface area contributed by atoms with Gasteiger partial charge in [-0.1, -0.05) is 12.1 Å². The Morgan fingerprint density at radius 3 is 3.04 bits per heavy atom. The van der Waals surface area contributed by atoms with Crippen molar-refractivity contribution in [3.63, 3.8) is 0 Å². The molecule has 1 aliphatic rings. The van der Waals surface area contributed by atoms with Gasteiger partial charge in [-0.15, -0.1) is 0 Å².